The van der Waals surface area contributed by atoms with Crippen LogP contribution in [0.15, 0.2) is 48.9 Å². The second kappa shape index (κ2) is 10.0. The lowest BCUT2D eigenvalue weighted by Crippen LogP contribution is -2.34. The Morgan fingerprint density at radius 1 is 1.11 bits per heavy atom. The van der Waals surface area contributed by atoms with Crippen molar-refractivity contribution in [1.29, 1.82) is 0 Å². The van der Waals surface area contributed by atoms with E-state index >= 15 is 0 Å². The van der Waals surface area contributed by atoms with Crippen LogP contribution in [0.3, 0.4) is 0 Å². The number of aryl methyl sites for hydroxylation is 1. The van der Waals surface area contributed by atoms with Crippen LogP contribution in [0.1, 0.15) is 44.9 Å². The van der Waals surface area contributed by atoms with E-state index in [1.165, 1.54) is 11.0 Å². The number of nitrogens with zero attached hydrogens (tertiary/aromatic N) is 5. The van der Waals surface area contributed by atoms with Gasteiger partial charge in [0, 0.05) is 44.2 Å². The first-order valence-corrected chi connectivity index (χ1v) is 11.9. The normalized spacial score (nSPS) is 13.5. The maximum atomic E-state index is 13.1. The zero-order chi connectivity index (χ0) is 26.0. The molecule has 2 N–H and O–H groups in total. The summed E-state index contributed by atoms with van der Waals surface area (Å²) in [5.74, 6) is -0.368. The van der Waals surface area contributed by atoms with E-state index in [0.29, 0.717) is 42.1 Å². The van der Waals surface area contributed by atoms with E-state index in [-0.39, 0.29) is 24.6 Å². The molecule has 1 aliphatic rings. The average Bonchev–Trinajstić information content (AvgIpc) is 3.52. The van der Waals surface area contributed by atoms with E-state index in [2.05, 4.69) is 25.4 Å². The minimum Gasteiger partial charge on any atom is -0.351 e. The number of carbonyl (C=O) groups is 2. The van der Waals surface area contributed by atoms with Gasteiger partial charge in [-0.05, 0) is 18.1 Å². The van der Waals surface area contributed by atoms with Crippen molar-refractivity contribution in [2.75, 3.05) is 18.0 Å². The van der Waals surface area contributed by atoms with Gasteiger partial charge in [0.15, 0.2) is 5.69 Å². The van der Waals surface area contributed by atoms with Gasteiger partial charge in [0.1, 0.15) is 17.8 Å². The van der Waals surface area contributed by atoms with E-state index in [1.54, 1.807) is 6.20 Å². The maximum absolute atomic E-state index is 13.1. The van der Waals surface area contributed by atoms with Crippen LogP contribution in [0.25, 0.3) is 11.0 Å². The van der Waals surface area contributed by atoms with Crippen LogP contribution in [0.2, 0.25) is 0 Å². The lowest BCUT2D eigenvalue weighted by Gasteiger charge is -2.29. The highest BCUT2D eigenvalue weighted by atomic mass is 19.4. The molecule has 0 spiro atoms. The average molecular weight is 512 g/mol. The third-order valence-electron chi connectivity index (χ3n) is 6.31. The van der Waals surface area contributed by atoms with Crippen LogP contribution in [-0.4, -0.2) is 55.8 Å². The summed E-state index contributed by atoms with van der Waals surface area (Å²) in [5.41, 5.74) is 2.70. The minimum atomic E-state index is -4.40. The van der Waals surface area contributed by atoms with Gasteiger partial charge in [-0.25, -0.2) is 14.6 Å². The van der Waals surface area contributed by atoms with Gasteiger partial charge in [-0.15, -0.1) is 0 Å². The standard InChI is InChI=1S/C25H24F3N7O2/c26-25(27,28)10-12-30-24(37)21-18-14-34(23-17-8-11-29-22(17)31-15-32-23)13-9-19(18)35(33-21)20(36)7-6-16-4-2-1-3-5-16/h1-5,8,11,15H,6-7,9-10,12-14H2,(H,30,37)(H,29,31,32). The van der Waals surface area contributed by atoms with E-state index in [0.717, 1.165) is 10.9 Å². The molecule has 1 aliphatic heterocycles. The summed E-state index contributed by atoms with van der Waals surface area (Å²) < 4.78 is 39.1. The van der Waals surface area contributed by atoms with Gasteiger partial charge in [-0.3, -0.25) is 9.59 Å². The zero-order valence-electron chi connectivity index (χ0n) is 19.8. The quantitative estimate of drug-likeness (QED) is 0.392. The maximum Gasteiger partial charge on any atom is 0.390 e. The molecule has 0 radical (unpaired) electrons. The first-order valence-electron chi connectivity index (χ1n) is 11.9. The molecular weight excluding hydrogens is 487 g/mol. The number of aromatic nitrogens is 5. The summed E-state index contributed by atoms with van der Waals surface area (Å²) >= 11 is 0. The number of hydrogen-bond donors (Lipinski definition) is 2. The number of fused-ring (bicyclic) bond motifs is 2. The Morgan fingerprint density at radius 2 is 1.92 bits per heavy atom. The summed E-state index contributed by atoms with van der Waals surface area (Å²) in [6.07, 6.45) is -1.29. The van der Waals surface area contributed by atoms with Gasteiger partial charge < -0.3 is 15.2 Å². The molecule has 12 heteroatoms. The predicted molar refractivity (Wildman–Crippen MR) is 129 cm³/mol. The molecule has 3 aromatic heterocycles. The Balaban J connectivity index is 1.43. The Labute approximate surface area is 209 Å². The van der Waals surface area contributed by atoms with Crippen LogP contribution in [0, 0.1) is 0 Å². The third kappa shape index (κ3) is 5.32. The molecule has 192 valence electrons. The summed E-state index contributed by atoms with van der Waals surface area (Å²) in [4.78, 5) is 39.7. The van der Waals surface area contributed by atoms with Crippen molar-refractivity contribution in [3.8, 4) is 0 Å². The zero-order valence-corrected chi connectivity index (χ0v) is 19.8. The molecule has 0 bridgehead atoms. The number of aromatic amines is 1. The van der Waals surface area contributed by atoms with Crippen LogP contribution in [0.5, 0.6) is 0 Å². The number of amides is 1. The highest BCUT2D eigenvalue weighted by Crippen LogP contribution is 2.30. The predicted octanol–water partition coefficient (Wildman–Crippen LogP) is 3.67. The highest BCUT2D eigenvalue weighted by molar-refractivity contribution is 5.95. The smallest absolute Gasteiger partial charge is 0.351 e. The van der Waals surface area contributed by atoms with Gasteiger partial charge in [0.2, 0.25) is 5.91 Å². The van der Waals surface area contributed by atoms with Crippen molar-refractivity contribution < 1.29 is 22.8 Å². The third-order valence-corrected chi connectivity index (χ3v) is 6.31. The molecule has 0 atom stereocenters. The number of anilines is 1. The summed E-state index contributed by atoms with van der Waals surface area (Å²) in [7, 11) is 0. The van der Waals surface area contributed by atoms with Crippen LogP contribution < -0.4 is 10.2 Å². The van der Waals surface area contributed by atoms with Gasteiger partial charge >= 0.3 is 6.18 Å². The molecule has 0 unspecified atom stereocenters. The molecule has 1 aromatic carbocycles. The first-order chi connectivity index (χ1) is 17.8. The Kier molecular flexibility index (Phi) is 6.64. The van der Waals surface area contributed by atoms with Gasteiger partial charge in [-0.1, -0.05) is 30.3 Å². The highest BCUT2D eigenvalue weighted by Gasteiger charge is 2.32. The number of carbonyl (C=O) groups excluding carboxylic acids is 2. The lowest BCUT2D eigenvalue weighted by atomic mass is 10.0. The van der Waals surface area contributed by atoms with E-state index < -0.39 is 25.0 Å². The molecular formula is C25H24F3N7O2. The molecule has 4 aromatic rings. The molecule has 1 amide bonds. The molecule has 37 heavy (non-hydrogen) atoms. The fraction of sp³-hybridized carbons (Fsp3) is 0.320. The SMILES string of the molecule is O=C(NCCC(F)(F)F)c1nn(C(=O)CCc2ccccc2)c2c1CN(c1ncnc3[nH]ccc13)CC2. The fourth-order valence-corrected chi connectivity index (χ4v) is 4.50. The summed E-state index contributed by atoms with van der Waals surface area (Å²) in [6.45, 7) is 0.156. The Bertz CT molecular complexity index is 1430. The van der Waals surface area contributed by atoms with Crippen molar-refractivity contribution in [2.24, 2.45) is 0 Å². The number of benzene rings is 1. The molecule has 0 aliphatic carbocycles. The lowest BCUT2D eigenvalue weighted by molar-refractivity contribution is -0.133. The Hall–Kier alpha value is -4.22. The van der Waals surface area contributed by atoms with Crippen LogP contribution in [-0.2, 0) is 19.4 Å². The van der Waals surface area contributed by atoms with E-state index in [9.17, 15) is 22.8 Å². The molecule has 0 saturated carbocycles. The molecule has 5 rings (SSSR count). The van der Waals surface area contributed by atoms with Crippen molar-refractivity contribution in [2.45, 2.75) is 38.4 Å². The van der Waals surface area contributed by atoms with Crippen LogP contribution >= 0.6 is 0 Å². The number of rotatable bonds is 7. The molecule has 9 nitrogen and oxygen atoms in total. The van der Waals surface area contributed by atoms with Gasteiger partial charge in [0.25, 0.3) is 5.91 Å². The number of hydrogen-bond acceptors (Lipinski definition) is 6. The number of halogens is 3. The number of nitrogens with one attached hydrogen (secondary N) is 2. The van der Waals surface area contributed by atoms with E-state index in [1.807, 2.05) is 41.3 Å². The number of alkyl halides is 3. The first kappa shape index (κ1) is 24.5. The van der Waals surface area contributed by atoms with Crippen molar-refractivity contribution in [1.82, 2.24) is 30.0 Å². The molecule has 4 heterocycles. The second-order valence-corrected chi connectivity index (χ2v) is 8.79. The van der Waals surface area contributed by atoms with Crippen molar-refractivity contribution in [3.63, 3.8) is 0 Å². The molecule has 0 saturated heterocycles. The fourth-order valence-electron chi connectivity index (χ4n) is 4.50. The topological polar surface area (TPSA) is 109 Å². The monoisotopic (exact) mass is 511 g/mol. The Morgan fingerprint density at radius 3 is 2.70 bits per heavy atom. The second-order valence-electron chi connectivity index (χ2n) is 8.79. The van der Waals surface area contributed by atoms with Gasteiger partial charge in [-0.2, -0.15) is 18.3 Å². The van der Waals surface area contributed by atoms with Crippen molar-refractivity contribution >= 4 is 28.7 Å². The van der Waals surface area contributed by atoms with Crippen molar-refractivity contribution in [3.05, 3.63) is 71.4 Å². The summed E-state index contributed by atoms with van der Waals surface area (Å²) in [6, 6.07) is 11.4. The molecule has 0 fully saturated rings. The largest absolute Gasteiger partial charge is 0.390 e. The van der Waals surface area contributed by atoms with E-state index in [4.69, 9.17) is 0 Å². The minimum absolute atomic E-state index is 0.0469. The van der Waals surface area contributed by atoms with Gasteiger partial charge in [0.05, 0.1) is 17.5 Å². The van der Waals surface area contributed by atoms with Crippen LogP contribution in [0.4, 0.5) is 19.0 Å². The number of H-pyrrole nitrogens is 1. The summed E-state index contributed by atoms with van der Waals surface area (Å²) in [5, 5.41) is 7.41.